The van der Waals surface area contributed by atoms with Crippen molar-refractivity contribution in [3.05, 3.63) is 0 Å². The van der Waals surface area contributed by atoms with Crippen LogP contribution in [0.4, 0.5) is 0 Å². The summed E-state index contributed by atoms with van der Waals surface area (Å²) in [5.74, 6) is 0.139. The zero-order valence-corrected chi connectivity index (χ0v) is 12.5. The molecule has 0 fully saturated rings. The summed E-state index contributed by atoms with van der Waals surface area (Å²) in [6.07, 6.45) is 2.97. The normalized spacial score (nSPS) is 16.1. The van der Waals surface area contributed by atoms with Crippen molar-refractivity contribution in [2.24, 2.45) is 5.92 Å². The van der Waals surface area contributed by atoms with E-state index in [9.17, 15) is 4.79 Å². The van der Waals surface area contributed by atoms with Gasteiger partial charge in [0, 0.05) is 5.92 Å². The van der Waals surface area contributed by atoms with Crippen LogP contribution in [0.15, 0.2) is 0 Å². The Bertz CT molecular complexity index is 203. The molecule has 0 aromatic heterocycles. The van der Waals surface area contributed by atoms with Gasteiger partial charge in [-0.15, -0.1) is 12.6 Å². The fraction of sp³-hybridized carbons (Fsp3) is 0.909. The van der Waals surface area contributed by atoms with E-state index in [2.05, 4.69) is 44.5 Å². The van der Waals surface area contributed by atoms with Gasteiger partial charge < -0.3 is 5.32 Å². The molecule has 0 heterocycles. The van der Waals surface area contributed by atoms with Crippen LogP contribution in [-0.2, 0) is 4.79 Å². The van der Waals surface area contributed by atoms with Gasteiger partial charge in [0.2, 0.25) is 0 Å². The highest BCUT2D eigenvalue weighted by molar-refractivity contribution is 7.96. The topological polar surface area (TPSA) is 29.1 Å². The van der Waals surface area contributed by atoms with Gasteiger partial charge in [-0.2, -0.15) is 0 Å². The molecule has 1 N–H and O–H groups in total. The molecule has 15 heavy (non-hydrogen) atoms. The number of hydrogen-bond acceptors (Lipinski definition) is 2. The predicted molar refractivity (Wildman–Crippen MR) is 73.2 cm³/mol. The number of nitrogens with one attached hydrogen (secondary N) is 1. The minimum Gasteiger partial charge on any atom is -0.320 e. The smallest absolute Gasteiger partial charge is 0.188 e. The summed E-state index contributed by atoms with van der Waals surface area (Å²) in [6.45, 7) is 9.13. The van der Waals surface area contributed by atoms with E-state index >= 15 is 0 Å². The Morgan fingerprint density at radius 3 is 2.13 bits per heavy atom. The molecule has 0 amide bonds. The Labute approximate surface area is 101 Å². The van der Waals surface area contributed by atoms with E-state index in [0.717, 1.165) is 19.3 Å². The Kier molecular flexibility index (Phi) is 6.80. The largest absolute Gasteiger partial charge is 0.320 e. The number of thiol groups is 1. The summed E-state index contributed by atoms with van der Waals surface area (Å²) in [6, 6.07) is 0. The second-order valence-electron chi connectivity index (χ2n) is 5.23. The fourth-order valence-electron chi connectivity index (χ4n) is 1.88. The molecule has 0 aromatic rings. The highest BCUT2D eigenvalue weighted by Crippen LogP contribution is 2.19. The van der Waals surface area contributed by atoms with Gasteiger partial charge in [-0.05, 0) is 32.0 Å². The van der Waals surface area contributed by atoms with Gasteiger partial charge in [0.15, 0.2) is 5.12 Å². The SMILES string of the molecule is CCC(CCC(NC)[Si](C)(C)C)C(=O)S. The molecular formula is C11H25NOSSi. The van der Waals surface area contributed by atoms with Crippen LogP contribution in [0.3, 0.4) is 0 Å². The Hall–Kier alpha value is 0.197. The third kappa shape index (κ3) is 5.73. The van der Waals surface area contributed by atoms with Crippen LogP contribution in [0, 0.1) is 5.92 Å². The molecule has 2 unspecified atom stereocenters. The van der Waals surface area contributed by atoms with E-state index in [1.807, 2.05) is 7.05 Å². The van der Waals surface area contributed by atoms with Gasteiger partial charge in [-0.25, -0.2) is 0 Å². The van der Waals surface area contributed by atoms with E-state index in [-0.39, 0.29) is 11.0 Å². The predicted octanol–water partition coefficient (Wildman–Crippen LogP) is 2.71. The van der Waals surface area contributed by atoms with Gasteiger partial charge in [0.05, 0.1) is 8.07 Å². The quantitative estimate of drug-likeness (QED) is 0.535. The average Bonchev–Trinajstić information content (AvgIpc) is 2.09. The molecule has 90 valence electrons. The van der Waals surface area contributed by atoms with Crippen LogP contribution in [0.1, 0.15) is 26.2 Å². The van der Waals surface area contributed by atoms with Crippen LogP contribution in [0.25, 0.3) is 0 Å². The lowest BCUT2D eigenvalue weighted by molar-refractivity contribution is -0.114. The van der Waals surface area contributed by atoms with Gasteiger partial charge in [-0.3, -0.25) is 4.79 Å². The molecule has 0 saturated heterocycles. The summed E-state index contributed by atoms with van der Waals surface area (Å²) in [5, 5.41) is 3.43. The second-order valence-corrected chi connectivity index (χ2v) is 11.1. The van der Waals surface area contributed by atoms with Crippen molar-refractivity contribution in [3.63, 3.8) is 0 Å². The summed E-state index contributed by atoms with van der Waals surface area (Å²) in [4.78, 5) is 11.2. The van der Waals surface area contributed by atoms with Crippen molar-refractivity contribution in [3.8, 4) is 0 Å². The van der Waals surface area contributed by atoms with E-state index in [0.29, 0.717) is 5.67 Å². The molecule has 0 aliphatic rings. The van der Waals surface area contributed by atoms with Crippen LogP contribution in [0.5, 0.6) is 0 Å². The molecule has 0 aromatic carbocycles. The van der Waals surface area contributed by atoms with Gasteiger partial charge >= 0.3 is 0 Å². The van der Waals surface area contributed by atoms with Crippen molar-refractivity contribution in [1.82, 2.24) is 5.32 Å². The molecule has 0 aliphatic heterocycles. The first-order chi connectivity index (χ1) is 6.82. The highest BCUT2D eigenvalue weighted by atomic mass is 32.1. The molecule has 0 radical (unpaired) electrons. The Morgan fingerprint density at radius 2 is 1.87 bits per heavy atom. The summed E-state index contributed by atoms with van der Waals surface area (Å²) in [5.41, 5.74) is 0.597. The van der Waals surface area contributed by atoms with Crippen molar-refractivity contribution in [2.75, 3.05) is 7.05 Å². The minimum atomic E-state index is -1.15. The second kappa shape index (κ2) is 6.71. The lowest BCUT2D eigenvalue weighted by atomic mass is 10.0. The lowest BCUT2D eigenvalue weighted by Gasteiger charge is -2.29. The third-order valence-electron chi connectivity index (χ3n) is 3.04. The molecule has 0 saturated carbocycles. The molecule has 0 spiro atoms. The summed E-state index contributed by atoms with van der Waals surface area (Å²) in [7, 11) is 0.872. The first-order valence-electron chi connectivity index (χ1n) is 5.73. The zero-order chi connectivity index (χ0) is 12.1. The Balaban J connectivity index is 4.16. The van der Waals surface area contributed by atoms with Crippen molar-refractivity contribution >= 4 is 25.8 Å². The fourth-order valence-corrected chi connectivity index (χ4v) is 4.09. The lowest BCUT2D eigenvalue weighted by Crippen LogP contribution is -2.47. The maximum atomic E-state index is 11.2. The maximum absolute atomic E-state index is 11.2. The standard InChI is InChI=1S/C11H25NOSSi/c1-6-9(11(13)14)7-8-10(12-2)15(3,4)5/h9-10,12H,6-8H2,1-5H3,(H,13,14). The van der Waals surface area contributed by atoms with Crippen LogP contribution < -0.4 is 5.32 Å². The van der Waals surface area contributed by atoms with Gasteiger partial charge in [0.25, 0.3) is 0 Å². The monoisotopic (exact) mass is 247 g/mol. The number of carbonyl (C=O) groups excluding carboxylic acids is 1. The molecule has 0 aliphatic carbocycles. The van der Waals surface area contributed by atoms with Crippen molar-refractivity contribution in [1.29, 1.82) is 0 Å². The molecular weight excluding hydrogens is 222 g/mol. The number of rotatable bonds is 7. The van der Waals surface area contributed by atoms with Crippen molar-refractivity contribution < 1.29 is 4.79 Å². The van der Waals surface area contributed by atoms with Crippen LogP contribution in [0.2, 0.25) is 19.6 Å². The third-order valence-corrected chi connectivity index (χ3v) is 6.07. The first kappa shape index (κ1) is 15.2. The van der Waals surface area contributed by atoms with E-state index in [1.165, 1.54) is 0 Å². The molecule has 4 heteroatoms. The van der Waals surface area contributed by atoms with Gasteiger partial charge in [-0.1, -0.05) is 26.6 Å². The zero-order valence-electron chi connectivity index (χ0n) is 10.6. The molecule has 2 nitrogen and oxygen atoms in total. The van der Waals surface area contributed by atoms with Crippen molar-refractivity contribution in [2.45, 2.75) is 51.5 Å². The van der Waals surface area contributed by atoms with E-state index < -0.39 is 8.07 Å². The summed E-state index contributed by atoms with van der Waals surface area (Å²) < 4.78 is 0. The Morgan fingerprint density at radius 1 is 1.33 bits per heavy atom. The van der Waals surface area contributed by atoms with Gasteiger partial charge in [0.1, 0.15) is 0 Å². The maximum Gasteiger partial charge on any atom is 0.188 e. The minimum absolute atomic E-state index is 0.0444. The highest BCUT2D eigenvalue weighted by Gasteiger charge is 2.26. The number of carbonyl (C=O) groups is 1. The number of hydrogen-bond donors (Lipinski definition) is 2. The molecule has 0 rings (SSSR count). The molecule has 2 atom stereocenters. The first-order valence-corrected chi connectivity index (χ1v) is 9.75. The molecule has 0 bridgehead atoms. The summed E-state index contributed by atoms with van der Waals surface area (Å²) >= 11 is 3.93. The van der Waals surface area contributed by atoms with E-state index in [1.54, 1.807) is 0 Å². The van der Waals surface area contributed by atoms with Crippen LogP contribution in [-0.4, -0.2) is 25.9 Å². The average molecular weight is 247 g/mol. The van der Waals surface area contributed by atoms with Crippen LogP contribution >= 0.6 is 12.6 Å². The van der Waals surface area contributed by atoms with E-state index in [4.69, 9.17) is 0 Å².